The van der Waals surface area contributed by atoms with E-state index in [1.807, 2.05) is 0 Å². The first-order chi connectivity index (χ1) is 3.30. The Morgan fingerprint density at radius 2 is 2.14 bits per heavy atom. The summed E-state index contributed by atoms with van der Waals surface area (Å²) in [6.07, 6.45) is 1.49. The summed E-state index contributed by atoms with van der Waals surface area (Å²) in [5.74, 6) is 3.11. The lowest BCUT2D eigenvalue weighted by atomic mass is 10.1. The van der Waals surface area contributed by atoms with Crippen molar-refractivity contribution in [2.24, 2.45) is 23.5 Å². The van der Waals surface area contributed by atoms with Gasteiger partial charge in [-0.1, -0.05) is 0 Å². The van der Waals surface area contributed by atoms with Crippen molar-refractivity contribution >= 4 is 0 Å². The lowest BCUT2D eigenvalue weighted by Crippen LogP contribution is -2.21. The van der Waals surface area contributed by atoms with Crippen LogP contribution in [0.4, 0.5) is 0 Å². The highest BCUT2D eigenvalue weighted by atomic mass is 14.8. The van der Waals surface area contributed by atoms with Gasteiger partial charge in [0.05, 0.1) is 0 Å². The van der Waals surface area contributed by atoms with E-state index in [4.69, 9.17) is 5.73 Å². The Labute approximate surface area is 43.9 Å². The molecule has 0 heterocycles. The Kier molecular flexibility index (Phi) is 0.487. The molecule has 0 aromatic heterocycles. The summed E-state index contributed by atoms with van der Waals surface area (Å²) in [7, 11) is 0. The Bertz CT molecular complexity index is 90.4. The van der Waals surface area contributed by atoms with Crippen molar-refractivity contribution < 1.29 is 0 Å². The molecule has 0 saturated heterocycles. The van der Waals surface area contributed by atoms with Gasteiger partial charge in [-0.05, 0) is 31.1 Å². The van der Waals surface area contributed by atoms with E-state index in [0.717, 1.165) is 17.8 Å². The zero-order chi connectivity index (χ0) is 5.02. The Morgan fingerprint density at radius 1 is 1.57 bits per heavy atom. The van der Waals surface area contributed by atoms with Crippen LogP contribution in [0.25, 0.3) is 0 Å². The van der Waals surface area contributed by atoms with Gasteiger partial charge in [0.25, 0.3) is 0 Å². The van der Waals surface area contributed by atoms with Crippen molar-refractivity contribution in [2.75, 3.05) is 0 Å². The molecule has 1 nitrogen and oxygen atoms in total. The summed E-state index contributed by atoms with van der Waals surface area (Å²) in [6, 6.07) is 0.490. The minimum absolute atomic E-state index is 0.490. The van der Waals surface area contributed by atoms with Crippen LogP contribution in [-0.4, -0.2) is 6.04 Å². The molecule has 2 saturated carbocycles. The van der Waals surface area contributed by atoms with Crippen molar-refractivity contribution in [3.63, 3.8) is 0 Å². The van der Waals surface area contributed by atoms with E-state index in [1.54, 1.807) is 0 Å². The Hall–Kier alpha value is -0.0400. The van der Waals surface area contributed by atoms with Crippen molar-refractivity contribution in [3.8, 4) is 0 Å². The van der Waals surface area contributed by atoms with Gasteiger partial charge in [0, 0.05) is 6.04 Å². The first-order valence-corrected chi connectivity index (χ1v) is 3.06. The minimum Gasteiger partial charge on any atom is -0.328 e. The van der Waals surface area contributed by atoms with Gasteiger partial charge in [-0.3, -0.25) is 0 Å². The zero-order valence-electron chi connectivity index (χ0n) is 4.59. The number of hydrogen-bond acceptors (Lipinski definition) is 1. The first kappa shape index (κ1) is 3.90. The molecule has 2 aliphatic carbocycles. The van der Waals surface area contributed by atoms with E-state index in [1.165, 1.54) is 6.42 Å². The van der Waals surface area contributed by atoms with Crippen LogP contribution in [-0.2, 0) is 0 Å². The lowest BCUT2D eigenvalue weighted by Gasteiger charge is -2.05. The van der Waals surface area contributed by atoms with Crippen LogP contribution < -0.4 is 5.73 Å². The zero-order valence-corrected chi connectivity index (χ0v) is 4.59. The molecule has 0 aromatic carbocycles. The highest BCUT2D eigenvalue weighted by Gasteiger charge is 2.64. The van der Waals surface area contributed by atoms with E-state index >= 15 is 0 Å². The normalized spacial score (nSPS) is 58.3. The second kappa shape index (κ2) is 0.873. The Balaban J connectivity index is 1.91. The molecule has 3 atom stereocenters. The average molecular weight is 97.2 g/mol. The van der Waals surface area contributed by atoms with E-state index in [9.17, 15) is 0 Å². The fourth-order valence-corrected chi connectivity index (χ4v) is 1.61. The summed E-state index contributed by atoms with van der Waals surface area (Å²) in [5, 5.41) is 0. The van der Waals surface area contributed by atoms with E-state index in [0.29, 0.717) is 6.04 Å². The molecule has 40 valence electrons. The molecule has 7 heavy (non-hydrogen) atoms. The molecule has 0 amide bonds. The van der Waals surface area contributed by atoms with Crippen molar-refractivity contribution in [2.45, 2.75) is 19.4 Å². The number of hydrogen-bond donors (Lipinski definition) is 1. The van der Waals surface area contributed by atoms with E-state index in [-0.39, 0.29) is 0 Å². The third-order valence-electron chi connectivity index (χ3n) is 2.35. The molecule has 2 fully saturated rings. The van der Waals surface area contributed by atoms with Crippen LogP contribution in [0, 0.1) is 17.8 Å². The smallest absolute Gasteiger partial charge is 0.00442 e. The molecule has 0 aliphatic heterocycles. The third-order valence-corrected chi connectivity index (χ3v) is 2.35. The predicted molar refractivity (Wildman–Crippen MR) is 28.7 cm³/mol. The Morgan fingerprint density at radius 3 is 2.14 bits per heavy atom. The third kappa shape index (κ3) is 0.367. The van der Waals surface area contributed by atoms with Gasteiger partial charge in [0.15, 0.2) is 0 Å². The van der Waals surface area contributed by atoms with Gasteiger partial charge < -0.3 is 5.73 Å². The van der Waals surface area contributed by atoms with E-state index < -0.39 is 0 Å². The first-order valence-electron chi connectivity index (χ1n) is 3.06. The van der Waals surface area contributed by atoms with Gasteiger partial charge in [0.2, 0.25) is 0 Å². The van der Waals surface area contributed by atoms with Crippen LogP contribution in [0.15, 0.2) is 0 Å². The molecule has 3 unspecified atom stereocenters. The number of rotatable bonds is 1. The van der Waals surface area contributed by atoms with Crippen LogP contribution in [0.5, 0.6) is 0 Å². The maximum absolute atomic E-state index is 5.62. The average Bonchev–Trinajstić information content (AvgIpc) is 2.02. The fraction of sp³-hybridized carbons (Fsp3) is 1.00. The maximum atomic E-state index is 5.62. The fourth-order valence-electron chi connectivity index (χ4n) is 1.61. The summed E-state index contributed by atoms with van der Waals surface area (Å²) in [4.78, 5) is 0. The molecule has 0 radical (unpaired) electrons. The highest BCUT2D eigenvalue weighted by Crippen LogP contribution is 2.68. The monoisotopic (exact) mass is 97.1 g/mol. The molecule has 0 bridgehead atoms. The number of nitrogens with two attached hydrogens (primary N) is 1. The molecular weight excluding hydrogens is 86.1 g/mol. The molecule has 0 spiro atoms. The molecule has 2 rings (SSSR count). The predicted octanol–water partition coefficient (Wildman–Crippen LogP) is 0.600. The summed E-state index contributed by atoms with van der Waals surface area (Å²) < 4.78 is 0. The number of fused-ring (bicyclic) bond motifs is 1. The van der Waals surface area contributed by atoms with Gasteiger partial charge in [-0.2, -0.15) is 0 Å². The van der Waals surface area contributed by atoms with Gasteiger partial charge >= 0.3 is 0 Å². The topological polar surface area (TPSA) is 26.0 Å². The lowest BCUT2D eigenvalue weighted by molar-refractivity contribution is 0.515. The van der Waals surface area contributed by atoms with Crippen molar-refractivity contribution in [1.29, 1.82) is 0 Å². The van der Waals surface area contributed by atoms with Crippen LogP contribution in [0.2, 0.25) is 0 Å². The molecule has 1 heteroatoms. The second-order valence-corrected chi connectivity index (χ2v) is 3.00. The van der Waals surface area contributed by atoms with Crippen molar-refractivity contribution in [3.05, 3.63) is 0 Å². The van der Waals surface area contributed by atoms with Crippen LogP contribution in [0.3, 0.4) is 0 Å². The quantitative estimate of drug-likeness (QED) is 0.509. The standard InChI is InChI=1S/C6H11N/c1-3(7)6-4-2-5(4)6/h3-6H,2,7H2,1H3. The molecule has 2 N–H and O–H groups in total. The second-order valence-electron chi connectivity index (χ2n) is 3.00. The van der Waals surface area contributed by atoms with Gasteiger partial charge in [-0.25, -0.2) is 0 Å². The summed E-state index contributed by atoms with van der Waals surface area (Å²) in [5.41, 5.74) is 5.62. The summed E-state index contributed by atoms with van der Waals surface area (Å²) >= 11 is 0. The van der Waals surface area contributed by atoms with Gasteiger partial charge in [-0.15, -0.1) is 0 Å². The SMILES string of the molecule is CC(N)C1C2CC21. The molecule has 0 aromatic rings. The van der Waals surface area contributed by atoms with Crippen molar-refractivity contribution in [1.82, 2.24) is 0 Å². The van der Waals surface area contributed by atoms with Crippen LogP contribution >= 0.6 is 0 Å². The summed E-state index contributed by atoms with van der Waals surface area (Å²) in [6.45, 7) is 2.12. The minimum atomic E-state index is 0.490. The largest absolute Gasteiger partial charge is 0.328 e. The van der Waals surface area contributed by atoms with Gasteiger partial charge in [0.1, 0.15) is 0 Å². The van der Waals surface area contributed by atoms with E-state index in [2.05, 4.69) is 6.92 Å². The molecule has 2 aliphatic rings. The highest BCUT2D eigenvalue weighted by molar-refractivity contribution is 5.14. The van der Waals surface area contributed by atoms with Crippen LogP contribution in [0.1, 0.15) is 13.3 Å². The molecular formula is C6H11N. The maximum Gasteiger partial charge on any atom is 0.00442 e.